The second-order valence-electron chi connectivity index (χ2n) is 5.44. The van der Waals surface area contributed by atoms with E-state index >= 15 is 0 Å². The van der Waals surface area contributed by atoms with Crippen LogP contribution in [0.1, 0.15) is 16.7 Å². The minimum Gasteiger partial charge on any atom is -0.496 e. The normalized spacial score (nSPS) is 11.0. The number of hydrogen-bond acceptors (Lipinski definition) is 6. The maximum Gasteiger partial charge on any atom is 0.309 e. The average Bonchev–Trinajstić information content (AvgIpc) is 2.68. The van der Waals surface area contributed by atoms with Gasteiger partial charge in [-0.05, 0) is 23.8 Å². The van der Waals surface area contributed by atoms with E-state index in [1.54, 1.807) is 19.2 Å². The molecule has 2 aromatic carbocycles. The summed E-state index contributed by atoms with van der Waals surface area (Å²) in [7, 11) is 4.74. The lowest BCUT2D eigenvalue weighted by Gasteiger charge is -2.16. The van der Waals surface area contributed by atoms with Crippen LogP contribution in [0.5, 0.6) is 5.75 Å². The monoisotopic (exact) mass is 354 g/mol. The van der Waals surface area contributed by atoms with Gasteiger partial charge in [-0.2, -0.15) is 0 Å². The van der Waals surface area contributed by atoms with Crippen LogP contribution in [0.25, 0.3) is 0 Å². The van der Waals surface area contributed by atoms with Gasteiger partial charge in [-0.25, -0.2) is 0 Å². The fraction of sp³-hybridized carbons (Fsp3) is 0.250. The zero-order valence-electron chi connectivity index (χ0n) is 15.1. The molecule has 0 unspecified atom stereocenters. The Morgan fingerprint density at radius 1 is 1.15 bits per heavy atom. The summed E-state index contributed by atoms with van der Waals surface area (Å²) >= 11 is 0. The molecule has 0 saturated heterocycles. The van der Waals surface area contributed by atoms with Crippen molar-refractivity contribution < 1.29 is 19.1 Å². The first kappa shape index (κ1) is 19.2. The molecule has 136 valence electrons. The number of anilines is 1. The molecule has 0 amide bonds. The molecule has 6 heteroatoms. The van der Waals surface area contributed by atoms with E-state index in [1.807, 2.05) is 37.4 Å². The molecule has 0 atom stereocenters. The smallest absolute Gasteiger partial charge is 0.309 e. The van der Waals surface area contributed by atoms with Gasteiger partial charge in [0, 0.05) is 23.9 Å². The number of methoxy groups -OCH3 is 2. The van der Waals surface area contributed by atoms with Crippen LogP contribution in [0.3, 0.4) is 0 Å². The van der Waals surface area contributed by atoms with Gasteiger partial charge in [-0.3, -0.25) is 9.79 Å². The van der Waals surface area contributed by atoms with E-state index in [9.17, 15) is 9.59 Å². The Balaban J connectivity index is 2.62. The zero-order chi connectivity index (χ0) is 18.9. The van der Waals surface area contributed by atoms with Crippen LogP contribution < -0.4 is 10.1 Å². The first-order valence-electron chi connectivity index (χ1n) is 8.14. The topological polar surface area (TPSA) is 77.0 Å². The maximum atomic E-state index is 11.6. The Hall–Kier alpha value is -3.15. The molecule has 26 heavy (non-hydrogen) atoms. The van der Waals surface area contributed by atoms with Crippen molar-refractivity contribution in [3.05, 3.63) is 59.2 Å². The van der Waals surface area contributed by atoms with Crippen LogP contribution in [-0.2, 0) is 20.7 Å². The Labute approximate surface area is 152 Å². The molecular weight excluding hydrogens is 332 g/mol. The largest absolute Gasteiger partial charge is 0.496 e. The van der Waals surface area contributed by atoms with Gasteiger partial charge in [0.05, 0.1) is 32.9 Å². The van der Waals surface area contributed by atoms with Crippen LogP contribution in [0.2, 0.25) is 0 Å². The number of hydrogen-bond donors (Lipinski definition) is 1. The van der Waals surface area contributed by atoms with Gasteiger partial charge in [0.2, 0.25) is 0 Å². The number of aliphatic imine (C=N–C) groups is 1. The van der Waals surface area contributed by atoms with E-state index in [4.69, 9.17) is 9.47 Å². The number of benzene rings is 2. The van der Waals surface area contributed by atoms with Crippen molar-refractivity contribution in [1.29, 1.82) is 0 Å². The van der Waals surface area contributed by atoms with Crippen LogP contribution in [0.4, 0.5) is 5.69 Å². The van der Waals surface area contributed by atoms with Crippen molar-refractivity contribution >= 4 is 23.7 Å². The Bertz CT molecular complexity index is 815. The SMILES string of the molecule is CNc1ccccc1/C(=N\CC=O)c1cc(CC(=O)OC)ccc1OC. The minimum absolute atomic E-state index is 0.0256. The average molecular weight is 354 g/mol. The highest BCUT2D eigenvalue weighted by Crippen LogP contribution is 2.27. The maximum absolute atomic E-state index is 11.6. The van der Waals surface area contributed by atoms with E-state index in [0.29, 0.717) is 17.0 Å². The molecule has 0 fully saturated rings. The van der Waals surface area contributed by atoms with Crippen molar-refractivity contribution in [2.24, 2.45) is 4.99 Å². The van der Waals surface area contributed by atoms with Gasteiger partial charge in [-0.15, -0.1) is 0 Å². The summed E-state index contributed by atoms with van der Waals surface area (Å²) in [6.07, 6.45) is 0.884. The van der Waals surface area contributed by atoms with Gasteiger partial charge in [0.25, 0.3) is 0 Å². The van der Waals surface area contributed by atoms with Gasteiger partial charge in [0.1, 0.15) is 12.0 Å². The second-order valence-corrected chi connectivity index (χ2v) is 5.44. The molecule has 0 aliphatic heterocycles. The summed E-state index contributed by atoms with van der Waals surface area (Å²) in [4.78, 5) is 27.0. The van der Waals surface area contributed by atoms with Gasteiger partial charge < -0.3 is 19.6 Å². The van der Waals surface area contributed by atoms with Crippen molar-refractivity contribution in [2.75, 3.05) is 33.1 Å². The predicted octanol–water partition coefficient (Wildman–Crippen LogP) is 2.49. The number of rotatable bonds is 8. The van der Waals surface area contributed by atoms with Gasteiger partial charge in [0.15, 0.2) is 0 Å². The third-order valence-electron chi connectivity index (χ3n) is 3.87. The molecule has 0 aliphatic carbocycles. The number of esters is 1. The number of nitrogens with one attached hydrogen (secondary N) is 1. The van der Waals surface area contributed by atoms with Crippen molar-refractivity contribution in [3.63, 3.8) is 0 Å². The predicted molar refractivity (Wildman–Crippen MR) is 101 cm³/mol. The summed E-state index contributed by atoms with van der Waals surface area (Å²) in [5.41, 5.74) is 3.81. The van der Waals surface area contributed by atoms with E-state index in [0.717, 1.165) is 23.1 Å². The van der Waals surface area contributed by atoms with Crippen molar-refractivity contribution in [2.45, 2.75) is 6.42 Å². The molecule has 1 N–H and O–H groups in total. The van der Waals surface area contributed by atoms with E-state index in [-0.39, 0.29) is 18.9 Å². The molecule has 2 aromatic rings. The number of carbonyl (C=O) groups is 2. The van der Waals surface area contributed by atoms with Crippen molar-refractivity contribution in [1.82, 2.24) is 0 Å². The second kappa shape index (κ2) is 9.36. The van der Waals surface area contributed by atoms with Crippen LogP contribution in [0, 0.1) is 0 Å². The van der Waals surface area contributed by atoms with E-state index in [2.05, 4.69) is 10.3 Å². The lowest BCUT2D eigenvalue weighted by molar-refractivity contribution is -0.139. The highest BCUT2D eigenvalue weighted by molar-refractivity contribution is 6.17. The Morgan fingerprint density at radius 3 is 2.58 bits per heavy atom. The fourth-order valence-electron chi connectivity index (χ4n) is 2.64. The van der Waals surface area contributed by atoms with Crippen molar-refractivity contribution in [3.8, 4) is 5.75 Å². The molecule has 0 bridgehead atoms. The number of para-hydroxylation sites is 1. The molecule has 6 nitrogen and oxygen atoms in total. The Kier molecular flexibility index (Phi) is 6.91. The molecule has 0 radical (unpaired) electrons. The first-order chi connectivity index (χ1) is 12.6. The molecule has 2 rings (SSSR count). The summed E-state index contributed by atoms with van der Waals surface area (Å²) in [6.45, 7) is 0.0256. The molecule has 0 heterocycles. The number of ether oxygens (including phenoxy) is 2. The van der Waals surface area contributed by atoms with Crippen LogP contribution in [0.15, 0.2) is 47.5 Å². The highest BCUT2D eigenvalue weighted by atomic mass is 16.5. The summed E-state index contributed by atoms with van der Waals surface area (Å²) in [6, 6.07) is 13.1. The number of carbonyl (C=O) groups excluding carboxylic acids is 2. The van der Waals surface area contributed by atoms with Crippen LogP contribution in [-0.4, -0.2) is 45.8 Å². The third-order valence-corrected chi connectivity index (χ3v) is 3.87. The highest BCUT2D eigenvalue weighted by Gasteiger charge is 2.17. The number of nitrogens with zero attached hydrogens (tertiary/aromatic N) is 1. The van der Waals surface area contributed by atoms with E-state index < -0.39 is 0 Å². The molecule has 0 saturated carbocycles. The van der Waals surface area contributed by atoms with Gasteiger partial charge in [-0.1, -0.05) is 24.3 Å². The molecule has 0 aromatic heterocycles. The molecule has 0 spiro atoms. The minimum atomic E-state index is -0.330. The molecule has 0 aliphatic rings. The van der Waals surface area contributed by atoms with E-state index in [1.165, 1.54) is 7.11 Å². The Morgan fingerprint density at radius 2 is 1.92 bits per heavy atom. The summed E-state index contributed by atoms with van der Waals surface area (Å²) < 4.78 is 10.2. The number of aldehydes is 1. The third kappa shape index (κ3) is 4.47. The molecular formula is C20H22N2O4. The summed E-state index contributed by atoms with van der Waals surface area (Å²) in [5, 5.41) is 3.13. The van der Waals surface area contributed by atoms with Crippen LogP contribution >= 0.6 is 0 Å². The standard InChI is InChI=1S/C20H22N2O4/c1-21-17-7-5-4-6-15(17)20(22-10-11-23)16-12-14(13-19(24)26-3)8-9-18(16)25-2/h4-9,11-12,21H,10,13H2,1-3H3/b22-20+. The quantitative estimate of drug-likeness (QED) is 0.448. The summed E-state index contributed by atoms with van der Waals surface area (Å²) in [5.74, 6) is 0.275. The lowest BCUT2D eigenvalue weighted by Crippen LogP contribution is -2.11. The lowest BCUT2D eigenvalue weighted by atomic mass is 9.97. The fourth-order valence-corrected chi connectivity index (χ4v) is 2.64. The first-order valence-corrected chi connectivity index (χ1v) is 8.14. The van der Waals surface area contributed by atoms with Gasteiger partial charge >= 0.3 is 5.97 Å². The zero-order valence-corrected chi connectivity index (χ0v) is 15.1.